The third-order valence-corrected chi connectivity index (χ3v) is 4.55. The number of hydrogen-bond acceptors (Lipinski definition) is 5. The van der Waals surface area contributed by atoms with Gasteiger partial charge in [0.1, 0.15) is 24.0 Å². The van der Waals surface area contributed by atoms with Crippen LogP contribution in [0.4, 0.5) is 0 Å². The summed E-state index contributed by atoms with van der Waals surface area (Å²) in [5, 5.41) is 4.31. The molecular formula is C18H18N4O3. The molecule has 0 N–H and O–H groups in total. The molecule has 2 aromatic heterocycles. The van der Waals surface area contributed by atoms with Crippen LogP contribution in [0.15, 0.2) is 39.9 Å². The highest BCUT2D eigenvalue weighted by molar-refractivity contribution is 5.88. The zero-order valence-electron chi connectivity index (χ0n) is 13.9. The van der Waals surface area contributed by atoms with E-state index in [2.05, 4.69) is 10.1 Å². The van der Waals surface area contributed by atoms with Gasteiger partial charge in [-0.1, -0.05) is 35.0 Å². The van der Waals surface area contributed by atoms with Crippen molar-refractivity contribution in [2.24, 2.45) is 0 Å². The summed E-state index contributed by atoms with van der Waals surface area (Å²) < 4.78 is 6.54. The van der Waals surface area contributed by atoms with Gasteiger partial charge in [-0.15, -0.1) is 0 Å². The minimum atomic E-state index is -0.311. The summed E-state index contributed by atoms with van der Waals surface area (Å²) in [6.07, 6.45) is 3.38. The third-order valence-electron chi connectivity index (χ3n) is 4.55. The van der Waals surface area contributed by atoms with Crippen molar-refractivity contribution >= 4 is 17.0 Å². The molecule has 1 fully saturated rings. The van der Waals surface area contributed by atoms with E-state index in [-0.39, 0.29) is 23.7 Å². The van der Waals surface area contributed by atoms with Gasteiger partial charge >= 0.3 is 0 Å². The van der Waals surface area contributed by atoms with Gasteiger partial charge in [0.25, 0.3) is 11.3 Å². The molecule has 0 aliphatic carbocycles. The Morgan fingerprint density at radius 2 is 1.92 bits per heavy atom. The summed E-state index contributed by atoms with van der Waals surface area (Å²) >= 11 is 0. The molecule has 7 nitrogen and oxygen atoms in total. The molecule has 1 amide bonds. The van der Waals surface area contributed by atoms with Crippen molar-refractivity contribution in [3.8, 4) is 11.3 Å². The Hall–Kier alpha value is -2.96. The van der Waals surface area contributed by atoms with Crippen LogP contribution in [-0.4, -0.2) is 38.6 Å². The van der Waals surface area contributed by atoms with Crippen LogP contribution >= 0.6 is 0 Å². The molecule has 25 heavy (non-hydrogen) atoms. The fourth-order valence-corrected chi connectivity index (χ4v) is 3.11. The van der Waals surface area contributed by atoms with Crippen molar-refractivity contribution in [3.05, 3.63) is 46.5 Å². The standard InChI is InChI=1S/C18H18N4O3/c1-12-4-6-13(7-5-12)16-15-17(25-20-16)19-11-22(18(15)24)10-14(23)21-8-2-3-9-21/h4-7,11H,2-3,8-10H2,1H3. The van der Waals surface area contributed by atoms with Gasteiger partial charge in [-0.3, -0.25) is 14.2 Å². The van der Waals surface area contributed by atoms with E-state index in [9.17, 15) is 9.59 Å². The van der Waals surface area contributed by atoms with E-state index in [0.717, 1.165) is 37.1 Å². The molecule has 1 aromatic carbocycles. The molecule has 4 rings (SSSR count). The molecule has 128 valence electrons. The molecule has 0 unspecified atom stereocenters. The maximum atomic E-state index is 12.9. The molecule has 0 atom stereocenters. The lowest BCUT2D eigenvalue weighted by Crippen LogP contribution is -2.34. The number of fused-ring (bicyclic) bond motifs is 1. The Labute approximate surface area is 143 Å². The number of carbonyl (C=O) groups is 1. The molecular weight excluding hydrogens is 320 g/mol. The summed E-state index contributed by atoms with van der Waals surface area (Å²) in [5.74, 6) is -0.0610. The first-order valence-electron chi connectivity index (χ1n) is 8.33. The van der Waals surface area contributed by atoms with Gasteiger partial charge < -0.3 is 9.42 Å². The molecule has 7 heteroatoms. The average Bonchev–Trinajstić information content (AvgIpc) is 3.28. The predicted molar refractivity (Wildman–Crippen MR) is 92.1 cm³/mol. The molecule has 0 bridgehead atoms. The minimum absolute atomic E-state index is 0.0136. The first-order valence-corrected chi connectivity index (χ1v) is 8.33. The number of hydrogen-bond donors (Lipinski definition) is 0. The number of aromatic nitrogens is 3. The first-order chi connectivity index (χ1) is 12.1. The van der Waals surface area contributed by atoms with Crippen molar-refractivity contribution in [1.29, 1.82) is 0 Å². The highest BCUT2D eigenvalue weighted by Gasteiger charge is 2.21. The number of nitrogens with zero attached hydrogens (tertiary/aromatic N) is 4. The van der Waals surface area contributed by atoms with E-state index in [1.807, 2.05) is 31.2 Å². The van der Waals surface area contributed by atoms with Gasteiger partial charge in [0.15, 0.2) is 0 Å². The Bertz CT molecular complexity index is 982. The van der Waals surface area contributed by atoms with E-state index in [1.54, 1.807) is 4.90 Å². The maximum Gasteiger partial charge on any atom is 0.267 e. The van der Waals surface area contributed by atoms with Crippen LogP contribution in [0, 0.1) is 6.92 Å². The van der Waals surface area contributed by atoms with Crippen LogP contribution in [0.2, 0.25) is 0 Å². The fourth-order valence-electron chi connectivity index (χ4n) is 3.11. The van der Waals surface area contributed by atoms with Crippen molar-refractivity contribution in [1.82, 2.24) is 19.6 Å². The summed E-state index contributed by atoms with van der Waals surface area (Å²) in [5.41, 5.74) is 2.23. The zero-order valence-corrected chi connectivity index (χ0v) is 13.9. The van der Waals surface area contributed by atoms with Crippen LogP contribution in [0.1, 0.15) is 18.4 Å². The van der Waals surface area contributed by atoms with Gasteiger partial charge in [0, 0.05) is 18.7 Å². The van der Waals surface area contributed by atoms with Crippen LogP contribution in [0.25, 0.3) is 22.4 Å². The van der Waals surface area contributed by atoms with E-state index in [0.29, 0.717) is 11.1 Å². The molecule has 0 spiro atoms. The Balaban J connectivity index is 1.74. The van der Waals surface area contributed by atoms with Crippen molar-refractivity contribution < 1.29 is 9.32 Å². The SMILES string of the molecule is Cc1ccc(-c2noc3ncn(CC(=O)N4CCCC4)c(=O)c23)cc1. The molecule has 1 saturated heterocycles. The Morgan fingerprint density at radius 3 is 2.64 bits per heavy atom. The monoisotopic (exact) mass is 338 g/mol. The van der Waals surface area contributed by atoms with Crippen molar-refractivity contribution in [2.75, 3.05) is 13.1 Å². The summed E-state index contributed by atoms with van der Waals surface area (Å²) in [6.45, 7) is 3.49. The number of carbonyl (C=O) groups excluding carboxylic acids is 1. The predicted octanol–water partition coefficient (Wildman–Crippen LogP) is 1.98. The number of aryl methyl sites for hydroxylation is 1. The van der Waals surface area contributed by atoms with Gasteiger partial charge in [-0.05, 0) is 19.8 Å². The number of likely N-dealkylation sites (tertiary alicyclic amines) is 1. The smallest absolute Gasteiger partial charge is 0.267 e. The average molecular weight is 338 g/mol. The van der Waals surface area contributed by atoms with E-state index in [1.165, 1.54) is 10.9 Å². The highest BCUT2D eigenvalue weighted by atomic mass is 16.5. The van der Waals surface area contributed by atoms with Gasteiger partial charge in [0.05, 0.1) is 0 Å². The summed E-state index contributed by atoms with van der Waals surface area (Å²) in [4.78, 5) is 31.1. The lowest BCUT2D eigenvalue weighted by molar-refractivity contribution is -0.130. The van der Waals surface area contributed by atoms with Crippen molar-refractivity contribution in [3.63, 3.8) is 0 Å². The van der Waals surface area contributed by atoms with Gasteiger partial charge in [-0.2, -0.15) is 0 Å². The molecule has 0 saturated carbocycles. The summed E-state index contributed by atoms with van der Waals surface area (Å²) in [7, 11) is 0. The Morgan fingerprint density at radius 1 is 1.20 bits per heavy atom. The molecule has 0 radical (unpaired) electrons. The number of amides is 1. The lowest BCUT2D eigenvalue weighted by Gasteiger charge is -2.15. The van der Waals surface area contributed by atoms with Crippen LogP contribution in [0.5, 0.6) is 0 Å². The van der Waals surface area contributed by atoms with Crippen molar-refractivity contribution in [2.45, 2.75) is 26.3 Å². The largest absolute Gasteiger partial charge is 0.341 e. The molecule has 1 aliphatic rings. The minimum Gasteiger partial charge on any atom is -0.341 e. The topological polar surface area (TPSA) is 81.2 Å². The second-order valence-corrected chi connectivity index (χ2v) is 6.34. The Kier molecular flexibility index (Phi) is 3.83. The first kappa shape index (κ1) is 15.6. The normalized spacial score (nSPS) is 14.4. The van der Waals surface area contributed by atoms with E-state index < -0.39 is 0 Å². The zero-order chi connectivity index (χ0) is 17.4. The fraction of sp³-hybridized carbons (Fsp3) is 0.333. The lowest BCUT2D eigenvalue weighted by atomic mass is 10.1. The molecule has 3 heterocycles. The maximum absolute atomic E-state index is 12.9. The van der Waals surface area contributed by atoms with E-state index in [4.69, 9.17) is 4.52 Å². The second-order valence-electron chi connectivity index (χ2n) is 6.34. The van der Waals surface area contributed by atoms with Crippen LogP contribution in [0.3, 0.4) is 0 Å². The van der Waals surface area contributed by atoms with E-state index >= 15 is 0 Å². The number of rotatable bonds is 3. The van der Waals surface area contributed by atoms with Gasteiger partial charge in [-0.25, -0.2) is 4.98 Å². The second kappa shape index (κ2) is 6.16. The van der Waals surface area contributed by atoms with Crippen LogP contribution < -0.4 is 5.56 Å². The third kappa shape index (κ3) is 2.82. The molecule has 3 aromatic rings. The highest BCUT2D eigenvalue weighted by Crippen LogP contribution is 2.24. The summed E-state index contributed by atoms with van der Waals surface area (Å²) in [6, 6.07) is 7.67. The quantitative estimate of drug-likeness (QED) is 0.729. The molecule has 1 aliphatic heterocycles. The van der Waals surface area contributed by atoms with Gasteiger partial charge in [0.2, 0.25) is 5.91 Å². The number of benzene rings is 1. The van der Waals surface area contributed by atoms with Crippen LogP contribution in [-0.2, 0) is 11.3 Å².